The number of thiazole rings is 1. The summed E-state index contributed by atoms with van der Waals surface area (Å²) in [4.78, 5) is 4.41. The fourth-order valence-corrected chi connectivity index (χ4v) is 2.34. The Morgan fingerprint density at radius 1 is 1.41 bits per heavy atom. The quantitative estimate of drug-likeness (QED) is 0.744. The van der Waals surface area contributed by atoms with Crippen molar-refractivity contribution in [2.75, 3.05) is 5.32 Å². The molecule has 86 valence electrons. The Morgan fingerprint density at radius 2 is 2.35 bits per heavy atom. The zero-order valence-corrected chi connectivity index (χ0v) is 10.2. The van der Waals surface area contributed by atoms with E-state index in [-0.39, 0.29) is 0 Å². The van der Waals surface area contributed by atoms with Crippen LogP contribution in [0, 0.1) is 6.92 Å². The predicted molar refractivity (Wildman–Crippen MR) is 70.3 cm³/mol. The molecule has 0 aliphatic heterocycles. The van der Waals surface area contributed by atoms with E-state index in [0.717, 1.165) is 33.8 Å². The predicted octanol–water partition coefficient (Wildman–Crippen LogP) is 2.94. The molecule has 17 heavy (non-hydrogen) atoms. The lowest BCUT2D eigenvalue weighted by Crippen LogP contribution is -1.99. The van der Waals surface area contributed by atoms with Crippen molar-refractivity contribution in [1.82, 2.24) is 15.2 Å². The van der Waals surface area contributed by atoms with Crippen molar-refractivity contribution in [2.45, 2.75) is 13.5 Å². The van der Waals surface area contributed by atoms with E-state index in [1.807, 2.05) is 19.2 Å². The maximum atomic E-state index is 4.41. The molecule has 0 saturated carbocycles. The van der Waals surface area contributed by atoms with E-state index in [0.29, 0.717) is 0 Å². The molecule has 0 unspecified atom stereocenters. The molecule has 2 heterocycles. The van der Waals surface area contributed by atoms with Gasteiger partial charge in [0, 0.05) is 16.5 Å². The SMILES string of the molecule is Cc1nc(CNc2ccc3cn[nH]c3c2)cs1. The monoisotopic (exact) mass is 244 g/mol. The van der Waals surface area contributed by atoms with Gasteiger partial charge in [-0.15, -0.1) is 11.3 Å². The molecule has 0 spiro atoms. The summed E-state index contributed by atoms with van der Waals surface area (Å²) in [5.74, 6) is 0. The van der Waals surface area contributed by atoms with Crippen LogP contribution in [-0.2, 0) is 6.54 Å². The Kier molecular flexibility index (Phi) is 2.53. The molecule has 2 N–H and O–H groups in total. The summed E-state index contributed by atoms with van der Waals surface area (Å²) >= 11 is 1.68. The van der Waals surface area contributed by atoms with Crippen LogP contribution in [0.3, 0.4) is 0 Å². The smallest absolute Gasteiger partial charge is 0.0898 e. The number of nitrogens with one attached hydrogen (secondary N) is 2. The molecule has 0 fully saturated rings. The lowest BCUT2D eigenvalue weighted by atomic mass is 10.2. The van der Waals surface area contributed by atoms with Gasteiger partial charge in [-0.25, -0.2) is 4.98 Å². The number of rotatable bonds is 3. The number of fused-ring (bicyclic) bond motifs is 1. The van der Waals surface area contributed by atoms with Crippen molar-refractivity contribution >= 4 is 27.9 Å². The average molecular weight is 244 g/mol. The summed E-state index contributed by atoms with van der Waals surface area (Å²) in [5.41, 5.74) is 3.20. The van der Waals surface area contributed by atoms with E-state index in [1.165, 1.54) is 0 Å². The van der Waals surface area contributed by atoms with E-state index < -0.39 is 0 Å². The highest BCUT2D eigenvalue weighted by Gasteiger charge is 2.00. The molecule has 0 aliphatic carbocycles. The zero-order chi connectivity index (χ0) is 11.7. The van der Waals surface area contributed by atoms with Gasteiger partial charge in [0.2, 0.25) is 0 Å². The van der Waals surface area contributed by atoms with Gasteiger partial charge in [0.25, 0.3) is 0 Å². The van der Waals surface area contributed by atoms with Crippen molar-refractivity contribution in [1.29, 1.82) is 0 Å². The van der Waals surface area contributed by atoms with Gasteiger partial charge in [0.1, 0.15) is 0 Å². The minimum absolute atomic E-state index is 0.754. The van der Waals surface area contributed by atoms with Crippen LogP contribution >= 0.6 is 11.3 Å². The number of benzene rings is 1. The van der Waals surface area contributed by atoms with Crippen LogP contribution in [0.15, 0.2) is 29.8 Å². The Balaban J connectivity index is 1.76. The third-order valence-electron chi connectivity index (χ3n) is 2.58. The molecule has 3 aromatic rings. The number of aromatic nitrogens is 3. The molecule has 0 amide bonds. The van der Waals surface area contributed by atoms with E-state index in [2.05, 4.69) is 38.0 Å². The summed E-state index contributed by atoms with van der Waals surface area (Å²) in [7, 11) is 0. The van der Waals surface area contributed by atoms with Gasteiger partial charge >= 0.3 is 0 Å². The highest BCUT2D eigenvalue weighted by atomic mass is 32.1. The van der Waals surface area contributed by atoms with Crippen LogP contribution in [0.5, 0.6) is 0 Å². The molecule has 3 rings (SSSR count). The fourth-order valence-electron chi connectivity index (χ4n) is 1.73. The van der Waals surface area contributed by atoms with Gasteiger partial charge in [0.15, 0.2) is 0 Å². The molecule has 2 aromatic heterocycles. The number of hydrogen-bond acceptors (Lipinski definition) is 4. The molecular weight excluding hydrogens is 232 g/mol. The molecule has 0 saturated heterocycles. The summed E-state index contributed by atoms with van der Waals surface area (Å²) < 4.78 is 0. The number of anilines is 1. The lowest BCUT2D eigenvalue weighted by Gasteiger charge is -2.03. The van der Waals surface area contributed by atoms with Crippen LogP contribution in [0.25, 0.3) is 10.9 Å². The van der Waals surface area contributed by atoms with Crippen LogP contribution < -0.4 is 5.32 Å². The molecule has 0 bridgehead atoms. The third kappa shape index (κ3) is 2.14. The Bertz CT molecular complexity index is 641. The number of aryl methyl sites for hydroxylation is 1. The largest absolute Gasteiger partial charge is 0.379 e. The topological polar surface area (TPSA) is 53.6 Å². The Labute approximate surface area is 103 Å². The highest BCUT2D eigenvalue weighted by molar-refractivity contribution is 7.09. The molecule has 0 radical (unpaired) electrons. The van der Waals surface area contributed by atoms with Crippen molar-refractivity contribution in [3.8, 4) is 0 Å². The molecule has 0 atom stereocenters. The second-order valence-electron chi connectivity index (χ2n) is 3.88. The fraction of sp³-hybridized carbons (Fsp3) is 0.167. The Morgan fingerprint density at radius 3 is 3.18 bits per heavy atom. The maximum Gasteiger partial charge on any atom is 0.0898 e. The summed E-state index contributed by atoms with van der Waals surface area (Å²) in [5, 5.41) is 14.6. The normalized spacial score (nSPS) is 10.9. The first-order valence-corrected chi connectivity index (χ1v) is 6.27. The lowest BCUT2D eigenvalue weighted by molar-refractivity contribution is 1.05. The number of hydrogen-bond donors (Lipinski definition) is 2. The van der Waals surface area contributed by atoms with Crippen LogP contribution in [0.1, 0.15) is 10.7 Å². The van der Waals surface area contributed by atoms with Gasteiger partial charge < -0.3 is 5.32 Å². The van der Waals surface area contributed by atoms with Crippen LogP contribution in [0.4, 0.5) is 5.69 Å². The van der Waals surface area contributed by atoms with Gasteiger partial charge in [0.05, 0.1) is 29.0 Å². The molecule has 0 aliphatic rings. The van der Waals surface area contributed by atoms with E-state index in [9.17, 15) is 0 Å². The average Bonchev–Trinajstić information content (AvgIpc) is 2.94. The van der Waals surface area contributed by atoms with Crippen molar-refractivity contribution in [2.24, 2.45) is 0 Å². The van der Waals surface area contributed by atoms with Crippen molar-refractivity contribution in [3.05, 3.63) is 40.5 Å². The number of aromatic amines is 1. The molecule has 4 nitrogen and oxygen atoms in total. The standard InChI is InChI=1S/C12H12N4S/c1-8-15-11(7-17-8)6-13-10-3-2-9-5-14-16-12(9)4-10/h2-5,7,13H,6H2,1H3,(H,14,16). The zero-order valence-electron chi connectivity index (χ0n) is 9.40. The van der Waals surface area contributed by atoms with E-state index >= 15 is 0 Å². The van der Waals surface area contributed by atoms with Crippen molar-refractivity contribution < 1.29 is 0 Å². The second kappa shape index (κ2) is 4.18. The molecule has 5 heteroatoms. The van der Waals surface area contributed by atoms with Crippen LogP contribution in [0.2, 0.25) is 0 Å². The van der Waals surface area contributed by atoms with Gasteiger partial charge in [-0.05, 0) is 25.1 Å². The number of H-pyrrole nitrogens is 1. The van der Waals surface area contributed by atoms with E-state index in [4.69, 9.17) is 0 Å². The Hall–Kier alpha value is -1.88. The molecule has 1 aromatic carbocycles. The first-order chi connectivity index (χ1) is 8.31. The highest BCUT2D eigenvalue weighted by Crippen LogP contribution is 2.17. The summed E-state index contributed by atoms with van der Waals surface area (Å²) in [6, 6.07) is 6.16. The number of nitrogens with zero attached hydrogens (tertiary/aromatic N) is 2. The summed E-state index contributed by atoms with van der Waals surface area (Å²) in [6.45, 7) is 2.77. The first-order valence-electron chi connectivity index (χ1n) is 5.39. The second-order valence-corrected chi connectivity index (χ2v) is 4.95. The van der Waals surface area contributed by atoms with Crippen LogP contribution in [-0.4, -0.2) is 15.2 Å². The van der Waals surface area contributed by atoms with Crippen molar-refractivity contribution in [3.63, 3.8) is 0 Å². The van der Waals surface area contributed by atoms with Gasteiger partial charge in [-0.2, -0.15) is 5.10 Å². The third-order valence-corrected chi connectivity index (χ3v) is 3.40. The van der Waals surface area contributed by atoms with E-state index in [1.54, 1.807) is 11.3 Å². The minimum Gasteiger partial charge on any atom is -0.379 e. The maximum absolute atomic E-state index is 4.41. The van der Waals surface area contributed by atoms with Gasteiger partial charge in [-0.3, -0.25) is 5.10 Å². The summed E-state index contributed by atoms with van der Waals surface area (Å²) in [6.07, 6.45) is 1.82. The van der Waals surface area contributed by atoms with Gasteiger partial charge in [-0.1, -0.05) is 0 Å². The minimum atomic E-state index is 0.754. The molecular formula is C12H12N4S. The first kappa shape index (κ1) is 10.3.